The second-order valence-electron chi connectivity index (χ2n) is 4.56. The second kappa shape index (κ2) is 6.05. The largest absolute Gasteiger partial charge is 0.493 e. The zero-order valence-corrected chi connectivity index (χ0v) is 11.9. The molecule has 0 saturated heterocycles. The monoisotopic (exact) mass is 300 g/mol. The molecule has 0 bridgehead atoms. The molecule has 3 nitrogen and oxygen atoms in total. The lowest BCUT2D eigenvalue weighted by atomic mass is 10.1. The maximum absolute atomic E-state index is 11.7. The van der Waals surface area contributed by atoms with Gasteiger partial charge in [0.05, 0.1) is 12.2 Å². The Kier molecular flexibility index (Phi) is 5.00. The fourth-order valence-corrected chi connectivity index (χ4v) is 1.34. The summed E-state index contributed by atoms with van der Waals surface area (Å²) in [7, 11) is 0. The first-order valence-electron chi connectivity index (χ1n) is 5.44. The first-order chi connectivity index (χ1) is 7.92. The van der Waals surface area contributed by atoms with E-state index in [9.17, 15) is 4.79 Å². The first-order valence-corrected chi connectivity index (χ1v) is 6.57. The summed E-state index contributed by atoms with van der Waals surface area (Å²) < 4.78 is 10.6. The highest BCUT2D eigenvalue weighted by molar-refractivity contribution is 9.09. The summed E-state index contributed by atoms with van der Waals surface area (Å²) in [6.45, 7) is 6.14. The zero-order chi connectivity index (χ0) is 12.9. The van der Waals surface area contributed by atoms with Crippen LogP contribution in [0, 0.1) is 0 Å². The lowest BCUT2D eigenvalue weighted by Crippen LogP contribution is -2.23. The van der Waals surface area contributed by atoms with Gasteiger partial charge in [0.2, 0.25) is 0 Å². The van der Waals surface area contributed by atoms with E-state index in [1.165, 1.54) is 0 Å². The Hall–Kier alpha value is -1.03. The fraction of sp³-hybridized carbons (Fsp3) is 0.462. The van der Waals surface area contributed by atoms with Crippen LogP contribution >= 0.6 is 15.9 Å². The molecule has 0 aliphatic heterocycles. The minimum atomic E-state index is -0.470. The third-order valence-electron chi connectivity index (χ3n) is 1.83. The highest BCUT2D eigenvalue weighted by Gasteiger charge is 2.17. The number of carbonyl (C=O) groups excluding carboxylic acids is 1. The Morgan fingerprint density at radius 2 is 1.82 bits per heavy atom. The smallest absolute Gasteiger partial charge is 0.338 e. The standard InChI is InChI=1S/C13H17BrO3/c1-13(2,3)17-12(15)10-4-6-11(7-5-10)16-9-8-14/h4-7H,8-9H2,1-3H3. The van der Waals surface area contributed by atoms with Gasteiger partial charge in [-0.2, -0.15) is 0 Å². The van der Waals surface area contributed by atoms with Crippen molar-refractivity contribution in [3.63, 3.8) is 0 Å². The molecule has 0 aliphatic rings. The van der Waals surface area contributed by atoms with Gasteiger partial charge < -0.3 is 9.47 Å². The molecular weight excluding hydrogens is 284 g/mol. The summed E-state index contributed by atoms with van der Waals surface area (Å²) in [6.07, 6.45) is 0. The van der Waals surface area contributed by atoms with Crippen molar-refractivity contribution in [2.24, 2.45) is 0 Å². The van der Waals surface area contributed by atoms with Crippen molar-refractivity contribution >= 4 is 21.9 Å². The lowest BCUT2D eigenvalue weighted by molar-refractivity contribution is 0.00695. The van der Waals surface area contributed by atoms with Gasteiger partial charge in [-0.15, -0.1) is 0 Å². The molecular formula is C13H17BrO3. The van der Waals surface area contributed by atoms with Crippen LogP contribution in [0.5, 0.6) is 5.75 Å². The Morgan fingerprint density at radius 3 is 2.29 bits per heavy atom. The fourth-order valence-electron chi connectivity index (χ4n) is 1.18. The lowest BCUT2D eigenvalue weighted by Gasteiger charge is -2.19. The highest BCUT2D eigenvalue weighted by atomic mass is 79.9. The number of ether oxygens (including phenoxy) is 2. The maximum Gasteiger partial charge on any atom is 0.338 e. The van der Waals surface area contributed by atoms with Gasteiger partial charge in [0.15, 0.2) is 0 Å². The van der Waals surface area contributed by atoms with Crippen molar-refractivity contribution in [1.29, 1.82) is 0 Å². The normalized spacial score (nSPS) is 11.1. The summed E-state index contributed by atoms with van der Waals surface area (Å²) in [5.74, 6) is 0.432. The highest BCUT2D eigenvalue weighted by Crippen LogP contribution is 2.16. The van der Waals surface area contributed by atoms with E-state index in [-0.39, 0.29) is 5.97 Å². The molecule has 4 heteroatoms. The molecule has 0 atom stereocenters. The second-order valence-corrected chi connectivity index (χ2v) is 5.36. The van der Waals surface area contributed by atoms with E-state index in [1.54, 1.807) is 24.3 Å². The molecule has 0 unspecified atom stereocenters. The van der Waals surface area contributed by atoms with E-state index >= 15 is 0 Å². The van der Waals surface area contributed by atoms with Crippen LogP contribution in [0.15, 0.2) is 24.3 Å². The van der Waals surface area contributed by atoms with Crippen molar-refractivity contribution in [3.05, 3.63) is 29.8 Å². The topological polar surface area (TPSA) is 35.5 Å². The van der Waals surface area contributed by atoms with Gasteiger partial charge in [0, 0.05) is 5.33 Å². The van der Waals surface area contributed by atoms with E-state index in [2.05, 4.69) is 15.9 Å². The summed E-state index contributed by atoms with van der Waals surface area (Å²) >= 11 is 3.28. The van der Waals surface area contributed by atoms with Crippen LogP contribution in [0.1, 0.15) is 31.1 Å². The van der Waals surface area contributed by atoms with Crippen molar-refractivity contribution in [2.45, 2.75) is 26.4 Å². The molecule has 0 radical (unpaired) electrons. The third kappa shape index (κ3) is 5.22. The Bertz CT molecular complexity index is 365. The molecule has 0 spiro atoms. The predicted molar refractivity (Wildman–Crippen MR) is 70.9 cm³/mol. The molecule has 1 aromatic carbocycles. The number of rotatable bonds is 4. The molecule has 0 aromatic heterocycles. The number of hydrogen-bond acceptors (Lipinski definition) is 3. The van der Waals surface area contributed by atoms with Gasteiger partial charge in [0.1, 0.15) is 11.4 Å². The number of hydrogen-bond donors (Lipinski definition) is 0. The van der Waals surface area contributed by atoms with Crippen molar-refractivity contribution in [3.8, 4) is 5.75 Å². The van der Waals surface area contributed by atoms with Crippen LogP contribution in [-0.2, 0) is 4.74 Å². The van der Waals surface area contributed by atoms with E-state index in [0.29, 0.717) is 12.2 Å². The molecule has 0 N–H and O–H groups in total. The summed E-state index contributed by atoms with van der Waals surface area (Å²) in [4.78, 5) is 11.7. The SMILES string of the molecule is CC(C)(C)OC(=O)c1ccc(OCCBr)cc1. The van der Waals surface area contributed by atoms with E-state index in [1.807, 2.05) is 20.8 Å². The van der Waals surface area contributed by atoms with Crippen molar-refractivity contribution < 1.29 is 14.3 Å². The molecule has 17 heavy (non-hydrogen) atoms. The number of benzene rings is 1. The summed E-state index contributed by atoms with van der Waals surface area (Å²) in [5, 5.41) is 0.779. The predicted octanol–water partition coefficient (Wildman–Crippen LogP) is 3.42. The Balaban J connectivity index is 2.64. The van der Waals surface area contributed by atoms with Gasteiger partial charge in [0.25, 0.3) is 0 Å². The van der Waals surface area contributed by atoms with Crippen LogP contribution in [0.3, 0.4) is 0 Å². The Labute approximate surface area is 110 Å². The van der Waals surface area contributed by atoms with Crippen LogP contribution in [0.25, 0.3) is 0 Å². The minimum Gasteiger partial charge on any atom is -0.493 e. The third-order valence-corrected chi connectivity index (χ3v) is 2.16. The molecule has 0 amide bonds. The summed E-state index contributed by atoms with van der Waals surface area (Å²) in [6, 6.07) is 6.94. The first kappa shape index (κ1) is 14.0. The van der Waals surface area contributed by atoms with Crippen molar-refractivity contribution in [1.82, 2.24) is 0 Å². The number of esters is 1. The van der Waals surface area contributed by atoms with Gasteiger partial charge in [-0.05, 0) is 45.0 Å². The van der Waals surface area contributed by atoms with E-state index < -0.39 is 5.60 Å². The molecule has 0 saturated carbocycles. The van der Waals surface area contributed by atoms with E-state index in [0.717, 1.165) is 11.1 Å². The Morgan fingerprint density at radius 1 is 1.24 bits per heavy atom. The van der Waals surface area contributed by atoms with Gasteiger partial charge in [-0.3, -0.25) is 0 Å². The van der Waals surface area contributed by atoms with Crippen LogP contribution in [0.2, 0.25) is 0 Å². The summed E-state index contributed by atoms with van der Waals surface area (Å²) in [5.41, 5.74) is 0.0634. The van der Waals surface area contributed by atoms with E-state index in [4.69, 9.17) is 9.47 Å². The zero-order valence-electron chi connectivity index (χ0n) is 10.3. The van der Waals surface area contributed by atoms with Gasteiger partial charge in [-0.25, -0.2) is 4.79 Å². The molecule has 94 valence electrons. The maximum atomic E-state index is 11.7. The van der Waals surface area contributed by atoms with Crippen molar-refractivity contribution in [2.75, 3.05) is 11.9 Å². The van der Waals surface area contributed by atoms with Crippen LogP contribution in [-0.4, -0.2) is 23.5 Å². The quantitative estimate of drug-likeness (QED) is 0.631. The molecule has 0 heterocycles. The molecule has 0 fully saturated rings. The van der Waals surface area contributed by atoms with Crippen LogP contribution in [0.4, 0.5) is 0 Å². The van der Waals surface area contributed by atoms with Crippen LogP contribution < -0.4 is 4.74 Å². The molecule has 1 rings (SSSR count). The minimum absolute atomic E-state index is 0.315. The average Bonchev–Trinajstić information content (AvgIpc) is 2.24. The van der Waals surface area contributed by atoms with Gasteiger partial charge >= 0.3 is 5.97 Å². The number of alkyl halides is 1. The number of carbonyl (C=O) groups is 1. The molecule has 1 aromatic rings. The average molecular weight is 301 g/mol. The number of halogens is 1. The van der Waals surface area contributed by atoms with Gasteiger partial charge in [-0.1, -0.05) is 15.9 Å². The molecule has 0 aliphatic carbocycles.